The molecule has 1 aromatic carbocycles. The molecule has 9 heteroatoms. The number of aromatic amines is 1. The standard InChI is InChI=1S/C28H35ClF3N4S/c1-17(2)37(18(3)4)19(5)10-24-12-20(14-34-24)21-13-26-27(35-15-21)33-8-9-36(26)16-22-11-23(29)6-7-25(22)28(30,31)32/h6-7,11-15,17-19,34H,8-10,16H2,1-5H3,(H,33,35)/q+1. The fraction of sp³-hybridized carbons (Fsp3) is 0.464. The van der Waals surface area contributed by atoms with Crippen LogP contribution in [0.1, 0.15) is 51.4 Å². The fourth-order valence-electron chi connectivity index (χ4n) is 5.36. The van der Waals surface area contributed by atoms with Gasteiger partial charge in [-0.15, -0.1) is 0 Å². The van der Waals surface area contributed by atoms with Crippen LogP contribution in [-0.4, -0.2) is 38.8 Å². The zero-order chi connectivity index (χ0) is 26.9. The van der Waals surface area contributed by atoms with Gasteiger partial charge in [-0.2, -0.15) is 13.2 Å². The quantitative estimate of drug-likeness (QED) is 0.284. The van der Waals surface area contributed by atoms with Crippen LogP contribution >= 0.6 is 11.6 Å². The van der Waals surface area contributed by atoms with Gasteiger partial charge < -0.3 is 15.2 Å². The van der Waals surface area contributed by atoms with Crippen LogP contribution in [0.5, 0.6) is 0 Å². The minimum Gasteiger partial charge on any atom is -0.367 e. The van der Waals surface area contributed by atoms with Crippen LogP contribution in [0.4, 0.5) is 24.7 Å². The lowest BCUT2D eigenvalue weighted by Crippen LogP contribution is -2.35. The number of alkyl halides is 3. The summed E-state index contributed by atoms with van der Waals surface area (Å²) in [7, 11) is 0.318. The second kappa shape index (κ2) is 11.2. The molecule has 4 nitrogen and oxygen atoms in total. The third-order valence-electron chi connectivity index (χ3n) is 6.75. The third kappa shape index (κ3) is 6.40. The first-order chi connectivity index (χ1) is 17.4. The first kappa shape index (κ1) is 27.7. The number of aromatic nitrogens is 2. The molecule has 4 rings (SSSR count). The van der Waals surface area contributed by atoms with Crippen molar-refractivity contribution >= 4 is 34.0 Å². The SMILES string of the molecule is CC(C)[S+](C(C)C)C(C)Cc1cc(-c2cnc3c(c2)N(Cc2cc(Cl)ccc2C(F)(F)F)CCN3)c[nH]1. The molecular weight excluding hydrogens is 517 g/mol. The Morgan fingerprint density at radius 3 is 2.46 bits per heavy atom. The van der Waals surface area contributed by atoms with E-state index in [0.717, 1.165) is 29.3 Å². The largest absolute Gasteiger partial charge is 0.416 e. The monoisotopic (exact) mass is 551 g/mol. The summed E-state index contributed by atoms with van der Waals surface area (Å²) in [5.41, 5.74) is 3.42. The number of hydrogen-bond donors (Lipinski definition) is 2. The Bertz CT molecular complexity index is 1220. The highest BCUT2D eigenvalue weighted by Crippen LogP contribution is 2.37. The Hall–Kier alpha value is -2.32. The average molecular weight is 552 g/mol. The Labute approximate surface area is 225 Å². The van der Waals surface area contributed by atoms with E-state index >= 15 is 0 Å². The molecule has 3 aromatic rings. The summed E-state index contributed by atoms with van der Waals surface area (Å²) in [5, 5.41) is 5.41. The van der Waals surface area contributed by atoms with Crippen LogP contribution in [0.3, 0.4) is 0 Å². The normalized spacial score (nSPS) is 14.9. The summed E-state index contributed by atoms with van der Waals surface area (Å²) in [5.74, 6) is 0.674. The van der Waals surface area contributed by atoms with Gasteiger partial charge in [-0.05, 0) is 81.4 Å². The minimum absolute atomic E-state index is 0.0951. The summed E-state index contributed by atoms with van der Waals surface area (Å²) in [6, 6.07) is 7.93. The van der Waals surface area contributed by atoms with Gasteiger partial charge in [0, 0.05) is 60.3 Å². The van der Waals surface area contributed by atoms with E-state index in [9.17, 15) is 13.2 Å². The fourth-order valence-corrected chi connectivity index (χ4v) is 8.88. The molecule has 1 unspecified atom stereocenters. The summed E-state index contributed by atoms with van der Waals surface area (Å²) in [6.45, 7) is 12.8. The first-order valence-electron chi connectivity index (χ1n) is 12.7. The van der Waals surface area contributed by atoms with Gasteiger partial charge in [-0.3, -0.25) is 0 Å². The number of rotatable bonds is 8. The van der Waals surface area contributed by atoms with Crippen LogP contribution in [0.2, 0.25) is 5.02 Å². The highest BCUT2D eigenvalue weighted by Gasteiger charge is 2.35. The molecule has 0 bridgehead atoms. The first-order valence-corrected chi connectivity index (χ1v) is 14.5. The van der Waals surface area contributed by atoms with E-state index in [0.29, 0.717) is 45.6 Å². The van der Waals surface area contributed by atoms with Crippen molar-refractivity contribution in [1.29, 1.82) is 0 Å². The molecule has 1 atom stereocenters. The number of H-pyrrole nitrogens is 1. The van der Waals surface area contributed by atoms with Crippen LogP contribution in [0.15, 0.2) is 42.7 Å². The third-order valence-corrected chi connectivity index (χ3v) is 10.3. The Balaban J connectivity index is 1.58. The van der Waals surface area contributed by atoms with E-state index in [2.05, 4.69) is 56.0 Å². The van der Waals surface area contributed by atoms with Crippen molar-refractivity contribution in [3.05, 3.63) is 64.6 Å². The Morgan fingerprint density at radius 1 is 1.05 bits per heavy atom. The molecule has 0 radical (unpaired) electrons. The number of nitrogens with one attached hydrogen (secondary N) is 2. The minimum atomic E-state index is -4.44. The van der Waals surface area contributed by atoms with Gasteiger partial charge in [-0.1, -0.05) is 11.6 Å². The van der Waals surface area contributed by atoms with Gasteiger partial charge in [0.05, 0.1) is 11.3 Å². The topological polar surface area (TPSA) is 44.0 Å². The molecule has 0 amide bonds. The van der Waals surface area contributed by atoms with Crippen molar-refractivity contribution in [1.82, 2.24) is 9.97 Å². The van der Waals surface area contributed by atoms with Crippen LogP contribution in [0, 0.1) is 0 Å². The predicted molar refractivity (Wildman–Crippen MR) is 151 cm³/mol. The van der Waals surface area contributed by atoms with Crippen molar-refractivity contribution < 1.29 is 13.2 Å². The van der Waals surface area contributed by atoms with Crippen molar-refractivity contribution in [3.63, 3.8) is 0 Å². The van der Waals surface area contributed by atoms with Gasteiger partial charge in [-0.25, -0.2) is 4.98 Å². The number of anilines is 2. The van der Waals surface area contributed by atoms with Crippen molar-refractivity contribution in [3.8, 4) is 11.1 Å². The molecule has 0 saturated carbocycles. The number of halogens is 4. The molecule has 0 aliphatic carbocycles. The maximum Gasteiger partial charge on any atom is 0.416 e. The smallest absolute Gasteiger partial charge is 0.367 e. The highest BCUT2D eigenvalue weighted by atomic mass is 35.5. The molecule has 0 fully saturated rings. The van der Waals surface area contributed by atoms with E-state index < -0.39 is 11.7 Å². The summed E-state index contributed by atoms with van der Waals surface area (Å²) in [4.78, 5) is 9.98. The summed E-state index contributed by atoms with van der Waals surface area (Å²) >= 11 is 6.07. The zero-order valence-corrected chi connectivity index (χ0v) is 23.5. The Morgan fingerprint density at radius 2 is 1.78 bits per heavy atom. The van der Waals surface area contributed by atoms with Crippen LogP contribution in [0.25, 0.3) is 11.1 Å². The number of benzene rings is 1. The average Bonchev–Trinajstić information content (AvgIpc) is 3.26. The zero-order valence-electron chi connectivity index (χ0n) is 21.9. The summed E-state index contributed by atoms with van der Waals surface area (Å²) in [6.07, 6.45) is 0.341. The molecule has 37 heavy (non-hydrogen) atoms. The highest BCUT2D eigenvalue weighted by molar-refractivity contribution is 7.98. The van der Waals surface area contributed by atoms with E-state index in [4.69, 9.17) is 11.6 Å². The molecule has 3 heterocycles. The number of pyridine rings is 1. The van der Waals surface area contributed by atoms with E-state index in [1.165, 1.54) is 17.8 Å². The number of fused-ring (bicyclic) bond motifs is 1. The van der Waals surface area contributed by atoms with E-state index in [-0.39, 0.29) is 17.1 Å². The lowest BCUT2D eigenvalue weighted by atomic mass is 10.0. The molecule has 0 spiro atoms. The molecular formula is C28H35ClF3N4S+. The molecule has 1 aliphatic heterocycles. The van der Waals surface area contributed by atoms with Gasteiger partial charge in [0.1, 0.15) is 21.6 Å². The number of nitrogens with zero attached hydrogens (tertiary/aromatic N) is 2. The number of hydrogen-bond acceptors (Lipinski definition) is 3. The molecule has 200 valence electrons. The lowest BCUT2D eigenvalue weighted by Gasteiger charge is -2.32. The molecule has 1 aliphatic rings. The van der Waals surface area contributed by atoms with E-state index in [1.54, 1.807) is 0 Å². The second-order valence-electron chi connectivity index (χ2n) is 10.2. The maximum absolute atomic E-state index is 13.7. The predicted octanol–water partition coefficient (Wildman–Crippen LogP) is 7.55. The lowest BCUT2D eigenvalue weighted by molar-refractivity contribution is -0.138. The molecule has 2 N–H and O–H groups in total. The van der Waals surface area contributed by atoms with Crippen molar-refractivity contribution in [2.24, 2.45) is 0 Å². The van der Waals surface area contributed by atoms with Gasteiger partial charge in [0.2, 0.25) is 0 Å². The Kier molecular flexibility index (Phi) is 8.38. The molecule has 0 saturated heterocycles. The molecule has 2 aromatic heterocycles. The maximum atomic E-state index is 13.7. The van der Waals surface area contributed by atoms with Crippen molar-refractivity contribution in [2.45, 2.75) is 69.5 Å². The van der Waals surface area contributed by atoms with Crippen molar-refractivity contribution in [2.75, 3.05) is 23.3 Å². The van der Waals surface area contributed by atoms with E-state index in [1.807, 2.05) is 23.4 Å². The van der Waals surface area contributed by atoms with Gasteiger partial charge in [0.15, 0.2) is 0 Å². The van der Waals surface area contributed by atoms with Crippen LogP contribution in [-0.2, 0) is 30.0 Å². The van der Waals surface area contributed by atoms with Gasteiger partial charge >= 0.3 is 6.18 Å². The summed E-state index contributed by atoms with van der Waals surface area (Å²) < 4.78 is 41.0. The van der Waals surface area contributed by atoms with Crippen LogP contribution < -0.4 is 10.2 Å². The van der Waals surface area contributed by atoms with Gasteiger partial charge in [0.25, 0.3) is 0 Å². The second-order valence-corrected chi connectivity index (χ2v) is 14.1.